The fourth-order valence-electron chi connectivity index (χ4n) is 1.31. The summed E-state index contributed by atoms with van der Waals surface area (Å²) in [6.07, 6.45) is -1.45. The minimum atomic E-state index is -1.48. The van der Waals surface area contributed by atoms with Gasteiger partial charge in [0.05, 0.1) is 11.6 Å². The number of ether oxygens (including phenoxy) is 3. The number of hydrogen-bond acceptors (Lipinski definition) is 5. The Labute approximate surface area is 142 Å². The molecule has 120 valence electrons. The molecular weight excluding hydrogens is 355 g/mol. The first-order valence-electron chi connectivity index (χ1n) is 6.12. The molecule has 2 unspecified atom stereocenters. The second kappa shape index (κ2) is 8.88. The van der Waals surface area contributed by atoms with Crippen LogP contribution in [0.2, 0.25) is 5.02 Å². The number of rotatable bonds is 7. The average Bonchev–Trinajstić information content (AvgIpc) is 2.46. The highest BCUT2D eigenvalue weighted by Gasteiger charge is 2.30. The Morgan fingerprint density at radius 2 is 1.82 bits per heavy atom. The van der Waals surface area contributed by atoms with E-state index in [4.69, 9.17) is 49.0 Å². The standard InChI is InChI=1S/C14H13Cl3O5/c1-3-20-13(18)11(8(2)15)22-14(19)12(17)21-10-6-4-9(16)5-7-10/h4-7,11-12H,2-3H2,1H3. The number of alkyl halides is 1. The molecular formula is C14H13Cl3O5. The van der Waals surface area contributed by atoms with Crippen LogP contribution in [0.4, 0.5) is 0 Å². The van der Waals surface area contributed by atoms with Gasteiger partial charge in [0.25, 0.3) is 5.56 Å². The van der Waals surface area contributed by atoms with E-state index in [1.165, 1.54) is 12.1 Å². The van der Waals surface area contributed by atoms with E-state index in [9.17, 15) is 9.59 Å². The van der Waals surface area contributed by atoms with Crippen molar-refractivity contribution in [1.82, 2.24) is 0 Å². The second-order valence-electron chi connectivity index (χ2n) is 3.90. The number of hydrogen-bond donors (Lipinski definition) is 0. The molecule has 0 N–H and O–H groups in total. The quantitative estimate of drug-likeness (QED) is 0.545. The lowest BCUT2D eigenvalue weighted by Crippen LogP contribution is -2.34. The van der Waals surface area contributed by atoms with Crippen molar-refractivity contribution in [3.05, 3.63) is 40.9 Å². The van der Waals surface area contributed by atoms with Crippen LogP contribution in [0.15, 0.2) is 35.9 Å². The molecule has 0 amide bonds. The summed E-state index contributed by atoms with van der Waals surface area (Å²) in [5.41, 5.74) is -1.48. The Morgan fingerprint density at radius 3 is 2.32 bits per heavy atom. The summed E-state index contributed by atoms with van der Waals surface area (Å²) >= 11 is 17.1. The van der Waals surface area contributed by atoms with Crippen molar-refractivity contribution in [3.8, 4) is 5.75 Å². The van der Waals surface area contributed by atoms with E-state index >= 15 is 0 Å². The van der Waals surface area contributed by atoms with Gasteiger partial charge in [-0.25, -0.2) is 9.59 Å². The zero-order valence-corrected chi connectivity index (χ0v) is 13.8. The van der Waals surface area contributed by atoms with Crippen LogP contribution in [0, 0.1) is 0 Å². The van der Waals surface area contributed by atoms with E-state index in [1.54, 1.807) is 19.1 Å². The molecule has 0 aliphatic rings. The van der Waals surface area contributed by atoms with Crippen LogP contribution < -0.4 is 4.74 Å². The maximum Gasteiger partial charge on any atom is 0.364 e. The lowest BCUT2D eigenvalue weighted by atomic mass is 10.3. The molecule has 8 heteroatoms. The molecule has 5 nitrogen and oxygen atoms in total. The normalized spacial score (nSPS) is 12.9. The number of halogens is 3. The van der Waals surface area contributed by atoms with Gasteiger partial charge in [-0.2, -0.15) is 0 Å². The first kappa shape index (κ1) is 18.6. The molecule has 1 aromatic rings. The average molecular weight is 368 g/mol. The summed E-state index contributed by atoms with van der Waals surface area (Å²) in [7, 11) is 0. The highest BCUT2D eigenvalue weighted by atomic mass is 35.5. The minimum Gasteiger partial charge on any atom is -0.463 e. The molecule has 0 bridgehead atoms. The second-order valence-corrected chi connectivity index (χ2v) is 5.22. The molecule has 2 atom stereocenters. The molecule has 0 fully saturated rings. The van der Waals surface area contributed by atoms with Gasteiger partial charge in [0.1, 0.15) is 5.75 Å². The molecule has 0 heterocycles. The van der Waals surface area contributed by atoms with Crippen LogP contribution in [0.5, 0.6) is 5.75 Å². The van der Waals surface area contributed by atoms with E-state index < -0.39 is 23.6 Å². The van der Waals surface area contributed by atoms with Gasteiger partial charge in [-0.1, -0.05) is 41.4 Å². The third-order valence-electron chi connectivity index (χ3n) is 2.26. The summed E-state index contributed by atoms with van der Waals surface area (Å²) in [6.45, 7) is 5.05. The van der Waals surface area contributed by atoms with Crippen molar-refractivity contribution in [2.45, 2.75) is 18.6 Å². The SMILES string of the molecule is C=C(Cl)C(OC(=O)C(Cl)Oc1ccc(Cl)cc1)C(=O)OCC. The van der Waals surface area contributed by atoms with Crippen molar-refractivity contribution < 1.29 is 23.8 Å². The highest BCUT2D eigenvalue weighted by Crippen LogP contribution is 2.19. The Kier molecular flexibility index (Phi) is 7.51. The lowest BCUT2D eigenvalue weighted by molar-refractivity contribution is -0.166. The number of carbonyl (C=O) groups is 2. The molecule has 0 saturated heterocycles. The van der Waals surface area contributed by atoms with E-state index in [2.05, 4.69) is 6.58 Å². The lowest BCUT2D eigenvalue weighted by Gasteiger charge is -2.17. The van der Waals surface area contributed by atoms with Crippen LogP contribution in [-0.4, -0.2) is 30.2 Å². The van der Waals surface area contributed by atoms with Gasteiger partial charge in [0.2, 0.25) is 6.10 Å². The fraction of sp³-hybridized carbons (Fsp3) is 0.286. The largest absolute Gasteiger partial charge is 0.463 e. The number of carbonyl (C=O) groups excluding carboxylic acids is 2. The van der Waals surface area contributed by atoms with Crippen molar-refractivity contribution in [2.24, 2.45) is 0 Å². The summed E-state index contributed by atoms with van der Waals surface area (Å²) in [5, 5.41) is 0.295. The number of esters is 2. The van der Waals surface area contributed by atoms with Gasteiger partial charge in [0.15, 0.2) is 0 Å². The predicted octanol–water partition coefficient (Wildman–Crippen LogP) is 3.51. The van der Waals surface area contributed by atoms with Crippen LogP contribution in [0.3, 0.4) is 0 Å². The molecule has 0 spiro atoms. The molecule has 1 aromatic carbocycles. The molecule has 0 aromatic heterocycles. The van der Waals surface area contributed by atoms with Crippen molar-refractivity contribution in [1.29, 1.82) is 0 Å². The third kappa shape index (κ3) is 5.75. The van der Waals surface area contributed by atoms with E-state index in [1.807, 2.05) is 0 Å². The molecule has 0 radical (unpaired) electrons. The summed E-state index contributed by atoms with van der Waals surface area (Å²) < 4.78 is 14.7. The Hall–Kier alpha value is -1.43. The zero-order chi connectivity index (χ0) is 16.7. The van der Waals surface area contributed by atoms with Crippen molar-refractivity contribution in [3.63, 3.8) is 0 Å². The van der Waals surface area contributed by atoms with E-state index in [0.29, 0.717) is 10.8 Å². The van der Waals surface area contributed by atoms with Crippen molar-refractivity contribution in [2.75, 3.05) is 6.61 Å². The van der Waals surface area contributed by atoms with Crippen LogP contribution >= 0.6 is 34.8 Å². The molecule has 0 aliphatic heterocycles. The van der Waals surface area contributed by atoms with Crippen molar-refractivity contribution >= 4 is 46.7 Å². The first-order valence-corrected chi connectivity index (χ1v) is 7.32. The van der Waals surface area contributed by atoms with Gasteiger partial charge in [-0.3, -0.25) is 0 Å². The monoisotopic (exact) mass is 366 g/mol. The van der Waals surface area contributed by atoms with Gasteiger partial charge in [0, 0.05) is 5.02 Å². The maximum absolute atomic E-state index is 11.8. The van der Waals surface area contributed by atoms with Crippen LogP contribution in [-0.2, 0) is 19.1 Å². The summed E-state index contributed by atoms with van der Waals surface area (Å²) in [6, 6.07) is 6.17. The van der Waals surface area contributed by atoms with Gasteiger partial charge >= 0.3 is 11.9 Å². The minimum absolute atomic E-state index is 0.0998. The predicted molar refractivity (Wildman–Crippen MR) is 83.2 cm³/mol. The highest BCUT2D eigenvalue weighted by molar-refractivity contribution is 6.32. The zero-order valence-electron chi connectivity index (χ0n) is 11.6. The first-order chi connectivity index (χ1) is 10.3. The maximum atomic E-state index is 11.8. The summed E-state index contributed by atoms with van der Waals surface area (Å²) in [5.74, 6) is -1.54. The Morgan fingerprint density at radius 1 is 1.23 bits per heavy atom. The molecule has 1 rings (SSSR count). The Bertz CT molecular complexity index is 544. The van der Waals surface area contributed by atoms with Crippen LogP contribution in [0.25, 0.3) is 0 Å². The molecule has 0 saturated carbocycles. The topological polar surface area (TPSA) is 61.8 Å². The summed E-state index contributed by atoms with van der Waals surface area (Å²) in [4.78, 5) is 23.4. The van der Waals surface area contributed by atoms with Gasteiger partial charge < -0.3 is 14.2 Å². The van der Waals surface area contributed by atoms with E-state index in [0.717, 1.165) is 0 Å². The Balaban J connectivity index is 2.66. The van der Waals surface area contributed by atoms with Gasteiger partial charge in [-0.15, -0.1) is 0 Å². The smallest absolute Gasteiger partial charge is 0.364 e. The molecule has 0 aliphatic carbocycles. The van der Waals surface area contributed by atoms with Crippen LogP contribution in [0.1, 0.15) is 6.92 Å². The fourth-order valence-corrected chi connectivity index (χ4v) is 1.72. The van der Waals surface area contributed by atoms with Gasteiger partial charge in [-0.05, 0) is 31.2 Å². The molecule has 22 heavy (non-hydrogen) atoms. The van der Waals surface area contributed by atoms with E-state index in [-0.39, 0.29) is 11.6 Å². The third-order valence-corrected chi connectivity index (χ3v) is 2.98. The number of benzene rings is 1.